The summed E-state index contributed by atoms with van der Waals surface area (Å²) in [5.74, 6) is -2.57. The van der Waals surface area contributed by atoms with E-state index in [1.54, 1.807) is 7.11 Å². The molecule has 2 heterocycles. The number of hydrogen-bond acceptors (Lipinski definition) is 5. The molecule has 0 aliphatic carbocycles. The molecule has 0 aromatic carbocycles. The summed E-state index contributed by atoms with van der Waals surface area (Å²) >= 11 is 0. The van der Waals surface area contributed by atoms with Gasteiger partial charge in [-0.25, -0.2) is 8.78 Å². The van der Waals surface area contributed by atoms with Gasteiger partial charge in [0.15, 0.2) is 0 Å². The Hall–Kier alpha value is -2.12. The van der Waals surface area contributed by atoms with Crippen molar-refractivity contribution in [2.24, 2.45) is 0 Å². The van der Waals surface area contributed by atoms with E-state index in [-0.39, 0.29) is 19.1 Å². The van der Waals surface area contributed by atoms with E-state index in [2.05, 4.69) is 41.7 Å². The minimum absolute atomic E-state index is 0.00330. The van der Waals surface area contributed by atoms with E-state index in [1.165, 1.54) is 0 Å². The van der Waals surface area contributed by atoms with Crippen LogP contribution in [0, 0.1) is 0 Å². The monoisotopic (exact) mass is 436 g/mol. The van der Waals surface area contributed by atoms with Gasteiger partial charge in [-0.1, -0.05) is 11.6 Å². The molecule has 0 bridgehead atoms. The predicted octanol–water partition coefficient (Wildman–Crippen LogP) is 4.01. The van der Waals surface area contributed by atoms with Gasteiger partial charge in [0.25, 0.3) is 5.92 Å². The highest BCUT2D eigenvalue weighted by Crippen LogP contribution is 2.28. The quantitative estimate of drug-likeness (QED) is 0.535. The molecule has 2 N–H and O–H groups in total. The van der Waals surface area contributed by atoms with Gasteiger partial charge in [-0.15, -0.1) is 0 Å². The lowest BCUT2D eigenvalue weighted by molar-refractivity contribution is -0.0615. The maximum absolute atomic E-state index is 13.8. The van der Waals surface area contributed by atoms with Gasteiger partial charge in [-0.3, -0.25) is 4.90 Å². The Kier molecular flexibility index (Phi) is 9.32. The number of piperidine rings is 1. The van der Waals surface area contributed by atoms with Crippen LogP contribution in [0.5, 0.6) is 0 Å². The number of nitrogens with one attached hydrogen (secondary N) is 2. The Bertz CT molecular complexity index is 768. The Morgan fingerprint density at radius 2 is 2.13 bits per heavy atom. The summed E-state index contributed by atoms with van der Waals surface area (Å²) in [5.41, 5.74) is 5.28. The standard InChI is InChI=1S/C24H38F2N4O/c1-18(16-30-12-7-10-24(25,26)17-30)14-22-20(3)29(5)13-9-23(22)28-11-8-21(27-4)15-19(2)31-6/h8-9,11,14-15,19,27-28H,7,10,12-13,16-17H2,1-6H3/b11-8-,18-14+,21-15+. The number of hydrogen-bond donors (Lipinski definition) is 2. The first-order chi connectivity index (χ1) is 14.6. The van der Waals surface area contributed by atoms with Crippen molar-refractivity contribution in [2.45, 2.75) is 45.6 Å². The fraction of sp³-hybridized carbons (Fsp3) is 0.583. The van der Waals surface area contributed by atoms with Crippen molar-refractivity contribution < 1.29 is 13.5 Å². The molecule has 0 aromatic rings. The van der Waals surface area contributed by atoms with Crippen molar-refractivity contribution >= 4 is 0 Å². The average molecular weight is 437 g/mol. The van der Waals surface area contributed by atoms with Gasteiger partial charge >= 0.3 is 0 Å². The molecule has 1 unspecified atom stereocenters. The summed E-state index contributed by atoms with van der Waals surface area (Å²) in [6.45, 7) is 8.02. The number of likely N-dealkylation sites (tertiary alicyclic amines) is 1. The van der Waals surface area contributed by atoms with Gasteiger partial charge in [0, 0.05) is 69.6 Å². The van der Waals surface area contributed by atoms with Crippen LogP contribution in [0.3, 0.4) is 0 Å². The van der Waals surface area contributed by atoms with Crippen LogP contribution in [0.15, 0.2) is 58.7 Å². The van der Waals surface area contributed by atoms with Gasteiger partial charge in [0.05, 0.1) is 12.6 Å². The molecular weight excluding hydrogens is 398 g/mol. The number of alkyl halides is 2. The zero-order chi connectivity index (χ0) is 23.0. The van der Waals surface area contributed by atoms with Crippen LogP contribution < -0.4 is 10.6 Å². The predicted molar refractivity (Wildman–Crippen MR) is 124 cm³/mol. The van der Waals surface area contributed by atoms with Crippen molar-refractivity contribution in [3.05, 3.63) is 58.7 Å². The highest BCUT2D eigenvalue weighted by atomic mass is 19.3. The minimum atomic E-state index is -2.57. The molecule has 2 aliphatic rings. The number of methoxy groups -OCH3 is 1. The highest BCUT2D eigenvalue weighted by Gasteiger charge is 2.34. The summed E-state index contributed by atoms with van der Waals surface area (Å²) < 4.78 is 32.8. The maximum Gasteiger partial charge on any atom is 0.260 e. The third-order valence-electron chi connectivity index (χ3n) is 5.73. The molecule has 31 heavy (non-hydrogen) atoms. The van der Waals surface area contributed by atoms with E-state index in [4.69, 9.17) is 4.74 Å². The van der Waals surface area contributed by atoms with E-state index in [9.17, 15) is 8.78 Å². The van der Waals surface area contributed by atoms with Crippen molar-refractivity contribution in [1.29, 1.82) is 0 Å². The molecule has 0 saturated carbocycles. The zero-order valence-electron chi connectivity index (χ0n) is 19.8. The number of ether oxygens (including phenoxy) is 1. The van der Waals surface area contributed by atoms with E-state index >= 15 is 0 Å². The van der Waals surface area contributed by atoms with Crippen LogP contribution in [0.25, 0.3) is 0 Å². The molecule has 7 heteroatoms. The molecule has 1 fully saturated rings. The van der Waals surface area contributed by atoms with E-state index in [1.807, 2.05) is 44.1 Å². The summed E-state index contributed by atoms with van der Waals surface area (Å²) in [6.07, 6.45) is 10.7. The number of halogens is 2. The normalized spacial score (nSPS) is 22.1. The van der Waals surface area contributed by atoms with Crippen LogP contribution >= 0.6 is 0 Å². The Labute approximate surface area is 186 Å². The Morgan fingerprint density at radius 3 is 2.77 bits per heavy atom. The number of rotatable bonds is 9. The topological polar surface area (TPSA) is 39.8 Å². The second-order valence-electron chi connectivity index (χ2n) is 8.45. The van der Waals surface area contributed by atoms with E-state index < -0.39 is 5.92 Å². The van der Waals surface area contributed by atoms with Gasteiger partial charge in [-0.05, 0) is 52.0 Å². The fourth-order valence-electron chi connectivity index (χ4n) is 3.79. The third-order valence-corrected chi connectivity index (χ3v) is 5.73. The van der Waals surface area contributed by atoms with Crippen LogP contribution in [-0.2, 0) is 4.74 Å². The third kappa shape index (κ3) is 7.82. The van der Waals surface area contributed by atoms with E-state index in [0.717, 1.165) is 41.3 Å². The van der Waals surface area contributed by atoms with E-state index in [0.29, 0.717) is 13.0 Å². The molecule has 0 aromatic heterocycles. The van der Waals surface area contributed by atoms with Crippen LogP contribution in [0.4, 0.5) is 8.78 Å². The van der Waals surface area contributed by atoms with Gasteiger partial charge < -0.3 is 20.3 Å². The summed E-state index contributed by atoms with van der Waals surface area (Å²) in [6, 6.07) is 0. The van der Waals surface area contributed by atoms with Gasteiger partial charge in [0.1, 0.15) is 0 Å². The molecule has 0 radical (unpaired) electrons. The first-order valence-corrected chi connectivity index (χ1v) is 10.9. The molecule has 1 saturated heterocycles. The lowest BCUT2D eigenvalue weighted by Crippen LogP contribution is -2.43. The fourth-order valence-corrected chi connectivity index (χ4v) is 3.79. The second kappa shape index (κ2) is 11.5. The van der Waals surface area contributed by atoms with Gasteiger partial charge in [0.2, 0.25) is 0 Å². The average Bonchev–Trinajstić information content (AvgIpc) is 2.71. The Morgan fingerprint density at radius 1 is 1.39 bits per heavy atom. The largest absolute Gasteiger partial charge is 0.388 e. The van der Waals surface area contributed by atoms with Gasteiger partial charge in [-0.2, -0.15) is 0 Å². The highest BCUT2D eigenvalue weighted by molar-refractivity contribution is 5.46. The first-order valence-electron chi connectivity index (χ1n) is 10.9. The molecule has 174 valence electrons. The van der Waals surface area contributed by atoms with Crippen molar-refractivity contribution in [3.8, 4) is 0 Å². The maximum atomic E-state index is 13.8. The lowest BCUT2D eigenvalue weighted by Gasteiger charge is -2.33. The molecule has 2 rings (SSSR count). The molecular formula is C24H38F2N4O. The van der Waals surface area contributed by atoms with Crippen LogP contribution in [0.2, 0.25) is 0 Å². The smallest absolute Gasteiger partial charge is 0.260 e. The van der Waals surface area contributed by atoms with Crippen molar-refractivity contribution in [3.63, 3.8) is 0 Å². The van der Waals surface area contributed by atoms with Crippen molar-refractivity contribution in [2.75, 3.05) is 47.4 Å². The molecule has 0 spiro atoms. The number of nitrogens with zero attached hydrogens (tertiary/aromatic N) is 2. The van der Waals surface area contributed by atoms with Crippen LogP contribution in [-0.4, -0.2) is 69.2 Å². The minimum Gasteiger partial charge on any atom is -0.388 e. The summed E-state index contributed by atoms with van der Waals surface area (Å²) in [4.78, 5) is 4.04. The van der Waals surface area contributed by atoms with Crippen LogP contribution in [0.1, 0.15) is 33.6 Å². The lowest BCUT2D eigenvalue weighted by atomic mass is 10.0. The molecule has 2 aliphatic heterocycles. The Balaban J connectivity index is 2.12. The molecule has 0 amide bonds. The number of likely N-dealkylation sites (N-methyl/N-ethyl adjacent to an activating group) is 2. The summed E-state index contributed by atoms with van der Waals surface area (Å²) in [7, 11) is 5.61. The summed E-state index contributed by atoms with van der Waals surface area (Å²) in [5, 5.41) is 6.55. The van der Waals surface area contributed by atoms with Crippen molar-refractivity contribution in [1.82, 2.24) is 20.4 Å². The number of allylic oxidation sites excluding steroid dienone is 3. The SMILES string of the molecule is CNC(/C=C\NC1=CCN(C)C(C)=C1/C=C(\C)CN1CCCC(F)(F)C1)=C/C(C)OC. The first kappa shape index (κ1) is 25.1. The second-order valence-corrected chi connectivity index (χ2v) is 8.45. The molecule has 1 atom stereocenters. The zero-order valence-corrected chi connectivity index (χ0v) is 19.8. The molecule has 5 nitrogen and oxygen atoms in total.